The Balaban J connectivity index is 0.000000357. The van der Waals surface area contributed by atoms with Crippen LogP contribution in [-0.2, 0) is 56.0 Å². The summed E-state index contributed by atoms with van der Waals surface area (Å²) in [5, 5.41) is 20.6. The maximum absolute atomic E-state index is 14.2. The van der Waals surface area contributed by atoms with Crippen molar-refractivity contribution in [3.63, 3.8) is 0 Å². The fourth-order valence-electron chi connectivity index (χ4n) is 8.72. The normalized spacial score (nSPS) is 13.0. The molecule has 82 heavy (non-hydrogen) atoms. The summed E-state index contributed by atoms with van der Waals surface area (Å²) in [5.41, 5.74) is -29.7. The van der Waals surface area contributed by atoms with Crippen LogP contribution in [0, 0.1) is 22.7 Å². The second kappa shape index (κ2) is 22.1. The van der Waals surface area contributed by atoms with Gasteiger partial charge in [0, 0.05) is 17.0 Å². The second-order valence-electron chi connectivity index (χ2n) is 17.7. The molecule has 7 aromatic rings. The van der Waals surface area contributed by atoms with Gasteiger partial charge in [0.1, 0.15) is 23.9 Å². The Kier molecular flexibility index (Phi) is 16.9. The summed E-state index contributed by atoms with van der Waals surface area (Å²) in [4.78, 5) is 12.8. The van der Waals surface area contributed by atoms with Crippen LogP contribution < -0.4 is 26.4 Å². The quantitative estimate of drug-likeness (QED) is 0.0380. The van der Waals surface area contributed by atoms with E-state index in [0.717, 1.165) is 10.8 Å². The SMILES string of the molecule is FC(F)(F)c1cc([B-](c2cc(C(F)(F)F)cc(C(F)(F)F)c2)(c2cc(C(F)(F)F)cc(C(F)(F)F)c2)c2cc(C(F)(F)F)cc(C(F)(F)F)c2)cc(C(F)(F)F)c1.N#CC(C#N)=C(C[n+]1ccc2ccccc2c1)C(=O)c1ccccc1. The van der Waals surface area contributed by atoms with Crippen molar-refractivity contribution in [2.24, 2.45) is 0 Å². The van der Waals surface area contributed by atoms with Gasteiger partial charge in [-0.2, -0.15) is 142 Å². The molecule has 0 saturated heterocycles. The largest absolute Gasteiger partial charge is 0.416 e. The number of rotatable bonds is 8. The van der Waals surface area contributed by atoms with Gasteiger partial charge in [0.25, 0.3) is 0 Å². The molecule has 0 aliphatic heterocycles. The van der Waals surface area contributed by atoms with Crippen molar-refractivity contribution in [2.75, 3.05) is 0 Å². The first-order valence-corrected chi connectivity index (χ1v) is 22.4. The molecular weight excluding hydrogens is 1160 g/mol. The maximum Gasteiger partial charge on any atom is 0.416 e. The lowest BCUT2D eigenvalue weighted by molar-refractivity contribution is -0.687. The molecule has 7 rings (SSSR count). The molecule has 4 nitrogen and oxygen atoms in total. The highest BCUT2D eigenvalue weighted by molar-refractivity contribution is 7.20. The third kappa shape index (κ3) is 14.0. The number of benzene rings is 6. The molecular formula is C53H26BF24N3O. The van der Waals surface area contributed by atoms with Gasteiger partial charge in [-0.3, -0.25) is 4.79 Å². The van der Waals surface area contributed by atoms with E-state index in [1.54, 1.807) is 24.3 Å². The van der Waals surface area contributed by atoms with Crippen molar-refractivity contribution in [3.8, 4) is 12.1 Å². The lowest BCUT2D eigenvalue weighted by Gasteiger charge is -2.46. The van der Waals surface area contributed by atoms with E-state index >= 15 is 0 Å². The number of Topliss-reactive ketones (excluding diaryl/α,β-unsaturated/α-hetero) is 1. The first-order chi connectivity index (χ1) is 37.5. The van der Waals surface area contributed by atoms with E-state index in [1.165, 1.54) is 0 Å². The number of nitrogens with zero attached hydrogens (tertiary/aromatic N) is 3. The molecule has 0 aliphatic carbocycles. The molecule has 1 heterocycles. The minimum atomic E-state index is -6.13. The molecule has 0 bridgehead atoms. The van der Waals surface area contributed by atoms with Crippen LogP contribution in [0.2, 0.25) is 0 Å². The van der Waals surface area contributed by atoms with Crippen LogP contribution in [-0.4, -0.2) is 11.9 Å². The lowest BCUT2D eigenvalue weighted by Crippen LogP contribution is -2.75. The minimum absolute atomic E-state index is 0.158. The number of halogens is 24. The Morgan fingerprint density at radius 3 is 0.915 bits per heavy atom. The number of hydrogen-bond acceptors (Lipinski definition) is 3. The minimum Gasteiger partial charge on any atom is -0.289 e. The number of hydrogen-bond donors (Lipinski definition) is 0. The Morgan fingerprint density at radius 1 is 0.378 bits per heavy atom. The first kappa shape index (κ1) is 62.7. The van der Waals surface area contributed by atoms with E-state index in [1.807, 2.05) is 65.5 Å². The van der Waals surface area contributed by atoms with E-state index in [9.17, 15) is 121 Å². The molecule has 0 amide bonds. The monoisotopic (exact) mass is 1190 g/mol. The molecule has 0 spiro atoms. The first-order valence-electron chi connectivity index (χ1n) is 22.4. The van der Waals surface area contributed by atoms with Crippen molar-refractivity contribution in [2.45, 2.75) is 56.0 Å². The van der Waals surface area contributed by atoms with Crippen LogP contribution in [0.4, 0.5) is 105 Å². The van der Waals surface area contributed by atoms with Gasteiger partial charge in [0.2, 0.25) is 0 Å². The molecule has 0 saturated carbocycles. The Bertz CT molecular complexity index is 3210. The lowest BCUT2D eigenvalue weighted by atomic mass is 9.12. The highest BCUT2D eigenvalue weighted by Crippen LogP contribution is 2.41. The summed E-state index contributed by atoms with van der Waals surface area (Å²) in [7, 11) is 0. The van der Waals surface area contributed by atoms with Crippen LogP contribution in [0.25, 0.3) is 10.8 Å². The van der Waals surface area contributed by atoms with Gasteiger partial charge in [-0.15, -0.1) is 0 Å². The molecule has 0 fully saturated rings. The molecule has 6 aromatic carbocycles. The van der Waals surface area contributed by atoms with Gasteiger partial charge in [-0.05, 0) is 35.7 Å². The molecule has 0 N–H and O–H groups in total. The molecule has 0 unspecified atom stereocenters. The molecule has 1 aromatic heterocycles. The van der Waals surface area contributed by atoms with Crippen LogP contribution in [0.1, 0.15) is 54.9 Å². The predicted molar refractivity (Wildman–Crippen MR) is 243 cm³/mol. The van der Waals surface area contributed by atoms with Crippen LogP contribution >= 0.6 is 0 Å². The van der Waals surface area contributed by atoms with Gasteiger partial charge < -0.3 is 0 Å². The smallest absolute Gasteiger partial charge is 0.289 e. The van der Waals surface area contributed by atoms with Gasteiger partial charge in [-0.25, -0.2) is 0 Å². The number of carbonyl (C=O) groups is 1. The zero-order valence-electron chi connectivity index (χ0n) is 40.0. The highest BCUT2D eigenvalue weighted by Gasteiger charge is 2.47. The van der Waals surface area contributed by atoms with Crippen molar-refractivity contribution in [1.29, 1.82) is 10.5 Å². The summed E-state index contributed by atoms with van der Waals surface area (Å²) in [5.74, 6) is -0.306. The molecule has 0 aliphatic rings. The number of aromatic nitrogens is 1. The predicted octanol–water partition coefficient (Wildman–Crippen LogP) is 14.6. The van der Waals surface area contributed by atoms with Crippen molar-refractivity contribution in [1.82, 2.24) is 0 Å². The fraction of sp³-hybridized carbons (Fsp3) is 0.170. The molecule has 0 radical (unpaired) electrons. The summed E-state index contributed by atoms with van der Waals surface area (Å²) >= 11 is 0. The van der Waals surface area contributed by atoms with Crippen molar-refractivity contribution < 1.29 is 115 Å². The van der Waals surface area contributed by atoms with Gasteiger partial charge in [0.05, 0.1) is 50.1 Å². The van der Waals surface area contributed by atoms with Crippen LogP contribution in [0.15, 0.2) is 157 Å². The third-order valence-corrected chi connectivity index (χ3v) is 12.4. The summed E-state index contributed by atoms with van der Waals surface area (Å²) in [6.07, 6.45) is -51.1. The number of carbonyl (C=O) groups excluding carboxylic acids is 1. The van der Waals surface area contributed by atoms with Crippen molar-refractivity contribution in [3.05, 3.63) is 207 Å². The Hall–Kier alpha value is -8.50. The van der Waals surface area contributed by atoms with E-state index < -0.39 is 195 Å². The average Bonchev–Trinajstić information content (AvgIpc) is 2.82. The highest BCUT2D eigenvalue weighted by atomic mass is 19.4. The third-order valence-electron chi connectivity index (χ3n) is 12.4. The summed E-state index contributed by atoms with van der Waals surface area (Å²) < 4.78 is 343. The molecule has 430 valence electrons. The number of pyridine rings is 1. The summed E-state index contributed by atoms with van der Waals surface area (Å²) in [6, 6.07) is 13.4. The van der Waals surface area contributed by atoms with Crippen molar-refractivity contribution >= 4 is 44.6 Å². The van der Waals surface area contributed by atoms with E-state index in [2.05, 4.69) is 0 Å². The van der Waals surface area contributed by atoms with Crippen LogP contribution in [0.5, 0.6) is 0 Å². The number of nitriles is 2. The number of alkyl halides is 24. The zero-order chi connectivity index (χ0) is 61.6. The Labute approximate surface area is 444 Å². The second-order valence-corrected chi connectivity index (χ2v) is 17.7. The fourth-order valence-corrected chi connectivity index (χ4v) is 8.72. The van der Waals surface area contributed by atoms with Gasteiger partial charge >= 0.3 is 49.4 Å². The molecule has 0 atom stereocenters. The average molecular weight is 1190 g/mol. The number of fused-ring (bicyclic) bond motifs is 1. The maximum atomic E-state index is 14.2. The van der Waals surface area contributed by atoms with E-state index in [-0.39, 0.29) is 23.5 Å². The van der Waals surface area contributed by atoms with Gasteiger partial charge in [0.15, 0.2) is 24.7 Å². The number of allylic oxidation sites excluding steroid dienone is 2. The van der Waals surface area contributed by atoms with E-state index in [4.69, 9.17) is 0 Å². The van der Waals surface area contributed by atoms with Crippen LogP contribution in [0.3, 0.4) is 0 Å². The standard InChI is InChI=1S/C32H12BF24.C21H14N3O/c34-25(35,36)13-1-14(26(37,38)39)6-21(5-13)33(22-7-15(27(40,41)42)2-16(8-22)28(43,44)45,23-9-17(29(46,47)48)3-18(10-23)30(49,50)51)24-11-19(31(52,53)54)4-20(12-24)32(55,56)57;22-12-19(13-23)20(21(25)17-7-2-1-3-8-17)15-24-11-10-16-6-4-5-9-18(16)14-24/h1-12H;1-11,14H,15H2/q-1;+1. The summed E-state index contributed by atoms with van der Waals surface area (Å²) in [6.45, 7) is 0.162. The van der Waals surface area contributed by atoms with E-state index in [0.29, 0.717) is 5.56 Å². The molecule has 29 heteroatoms. The Morgan fingerprint density at radius 2 is 0.646 bits per heavy atom. The van der Waals surface area contributed by atoms with Gasteiger partial charge in [-0.1, -0.05) is 97.1 Å². The topological polar surface area (TPSA) is 68.5 Å². The zero-order valence-corrected chi connectivity index (χ0v) is 40.0. The number of ketones is 1.